The number of carbonyl (C=O) groups excluding carboxylic acids is 3. The number of imide groups is 1. The first kappa shape index (κ1) is 30.7. The number of rotatable bonds is 11. The van der Waals surface area contributed by atoms with Gasteiger partial charge >= 0.3 is 0 Å². The van der Waals surface area contributed by atoms with E-state index in [-0.39, 0.29) is 36.0 Å². The maximum absolute atomic E-state index is 14.6. The van der Waals surface area contributed by atoms with Crippen molar-refractivity contribution < 1.29 is 19.1 Å². The normalized spacial score (nSPS) is 21.7. The van der Waals surface area contributed by atoms with Crippen LogP contribution in [-0.2, 0) is 19.1 Å². The van der Waals surface area contributed by atoms with Gasteiger partial charge in [0.15, 0.2) is 11.9 Å². The van der Waals surface area contributed by atoms with Gasteiger partial charge in [0.25, 0.3) is 5.91 Å². The molecule has 3 amide bonds. The number of hydrogen-bond acceptors (Lipinski definition) is 6. The van der Waals surface area contributed by atoms with Crippen molar-refractivity contribution in [1.82, 2.24) is 15.5 Å². The second-order valence-electron chi connectivity index (χ2n) is 12.2. The molecule has 6 rings (SSSR count). The van der Waals surface area contributed by atoms with Crippen molar-refractivity contribution in [2.75, 3.05) is 26.2 Å². The first-order valence-corrected chi connectivity index (χ1v) is 16.4. The number of nitrogens with zero attached hydrogens (tertiary/aromatic N) is 2. The highest BCUT2D eigenvalue weighted by molar-refractivity contribution is 6.15. The minimum atomic E-state index is -0.792. The number of aliphatic imine (C=N–C) groups is 1. The Bertz CT molecular complexity index is 1550. The van der Waals surface area contributed by atoms with E-state index in [1.807, 2.05) is 48.5 Å². The largest absolute Gasteiger partial charge is 0.447 e. The SMILES string of the molecule is CCCCN(C(=O)CCCCNC(=O)C1CCNCC1)C(=O)C1=CC2c3ccccc3C=CC23N=COC3=C1c1ccccc1. The molecule has 2 atom stereocenters. The standard InChI is InChI=1S/C37H42N4O4/c1-2-3-23-41(32(42)15-9-10-20-39-35(43)28-17-21-38-22-18-28)36(44)30-24-31-29-14-8-7-11-26(29)16-19-37(31)34(45-25-40-37)33(30)27-12-5-4-6-13-27/h4-8,11-14,16,19,24-25,28,31,38H,2-3,9-10,15,17-18,20-23H2,1H3,(H,39,43). The van der Waals surface area contributed by atoms with Gasteiger partial charge in [-0.3, -0.25) is 19.3 Å². The number of fused-ring (bicyclic) bond motifs is 2. The third-order valence-electron chi connectivity index (χ3n) is 9.35. The molecule has 4 aliphatic rings. The fourth-order valence-corrected chi connectivity index (χ4v) is 6.86. The Labute approximate surface area is 265 Å². The molecule has 0 radical (unpaired) electrons. The van der Waals surface area contributed by atoms with E-state index in [2.05, 4.69) is 41.8 Å². The summed E-state index contributed by atoms with van der Waals surface area (Å²) in [7, 11) is 0. The predicted octanol–water partition coefficient (Wildman–Crippen LogP) is 5.39. The molecule has 2 aromatic rings. The third kappa shape index (κ3) is 6.16. The van der Waals surface area contributed by atoms with Crippen LogP contribution in [0.2, 0.25) is 0 Å². The highest BCUT2D eigenvalue weighted by Gasteiger charge is 2.52. The first-order valence-electron chi connectivity index (χ1n) is 16.4. The molecule has 0 aromatic heterocycles. The van der Waals surface area contributed by atoms with Crippen molar-refractivity contribution in [2.24, 2.45) is 10.9 Å². The Morgan fingerprint density at radius 2 is 1.80 bits per heavy atom. The van der Waals surface area contributed by atoms with Gasteiger partial charge in [0, 0.05) is 42.5 Å². The fourth-order valence-electron chi connectivity index (χ4n) is 6.86. The van der Waals surface area contributed by atoms with Crippen LogP contribution in [0.25, 0.3) is 11.6 Å². The Hall–Kier alpha value is -4.30. The molecule has 8 heteroatoms. The summed E-state index contributed by atoms with van der Waals surface area (Å²) in [6, 6.07) is 17.9. The molecule has 234 valence electrons. The van der Waals surface area contributed by atoms with Crippen LogP contribution < -0.4 is 10.6 Å². The second-order valence-corrected chi connectivity index (χ2v) is 12.2. The van der Waals surface area contributed by atoms with Crippen LogP contribution in [-0.4, -0.2) is 60.7 Å². The minimum absolute atomic E-state index is 0.0614. The molecule has 2 aromatic carbocycles. The maximum Gasteiger partial charge on any atom is 0.260 e. The number of carbonyl (C=O) groups is 3. The lowest BCUT2D eigenvalue weighted by Gasteiger charge is -2.39. The van der Waals surface area contributed by atoms with Crippen molar-refractivity contribution in [3.05, 3.63) is 94.8 Å². The molecule has 2 unspecified atom stereocenters. The van der Waals surface area contributed by atoms with Gasteiger partial charge in [-0.15, -0.1) is 0 Å². The van der Waals surface area contributed by atoms with E-state index in [4.69, 9.17) is 9.73 Å². The molecule has 8 nitrogen and oxygen atoms in total. The summed E-state index contributed by atoms with van der Waals surface area (Å²) in [4.78, 5) is 47.1. The first-order chi connectivity index (χ1) is 22.0. The van der Waals surface area contributed by atoms with Gasteiger partial charge in [-0.05, 0) is 68.0 Å². The highest BCUT2D eigenvalue weighted by Crippen LogP contribution is 2.54. The second kappa shape index (κ2) is 13.8. The molecule has 45 heavy (non-hydrogen) atoms. The van der Waals surface area contributed by atoms with Crippen LogP contribution in [0.4, 0.5) is 0 Å². The number of ether oxygens (including phenoxy) is 1. The van der Waals surface area contributed by atoms with Crippen LogP contribution in [0, 0.1) is 5.92 Å². The molecule has 2 N–H and O–H groups in total. The minimum Gasteiger partial charge on any atom is -0.447 e. The van der Waals surface area contributed by atoms with Gasteiger partial charge < -0.3 is 15.4 Å². The van der Waals surface area contributed by atoms with Gasteiger partial charge in [0.2, 0.25) is 11.8 Å². The number of amides is 3. The third-order valence-corrected chi connectivity index (χ3v) is 9.35. The smallest absolute Gasteiger partial charge is 0.260 e. The molecule has 1 spiro atoms. The van der Waals surface area contributed by atoms with E-state index >= 15 is 0 Å². The average molecular weight is 607 g/mol. The van der Waals surface area contributed by atoms with Crippen LogP contribution >= 0.6 is 0 Å². The Kier molecular flexibility index (Phi) is 9.40. The zero-order valence-electron chi connectivity index (χ0n) is 26.0. The lowest BCUT2D eigenvalue weighted by Crippen LogP contribution is -2.42. The number of hydrogen-bond donors (Lipinski definition) is 2. The lowest BCUT2D eigenvalue weighted by atomic mass is 9.67. The Morgan fingerprint density at radius 3 is 2.60 bits per heavy atom. The number of piperidine rings is 1. The molecule has 2 aliphatic heterocycles. The van der Waals surface area contributed by atoms with Crippen molar-refractivity contribution in [1.29, 1.82) is 0 Å². The molecule has 1 fully saturated rings. The molecule has 0 saturated carbocycles. The summed E-state index contributed by atoms with van der Waals surface area (Å²) in [5, 5.41) is 6.32. The maximum atomic E-state index is 14.6. The Morgan fingerprint density at radius 1 is 1.02 bits per heavy atom. The van der Waals surface area contributed by atoms with Crippen LogP contribution in [0.15, 0.2) is 83.1 Å². The molecule has 1 saturated heterocycles. The summed E-state index contributed by atoms with van der Waals surface area (Å²) in [6.07, 6.45) is 12.4. The van der Waals surface area contributed by atoms with E-state index in [0.717, 1.165) is 49.0 Å². The van der Waals surface area contributed by atoms with E-state index in [1.54, 1.807) is 0 Å². The molecule has 0 bridgehead atoms. The average Bonchev–Trinajstić information content (AvgIpc) is 3.51. The summed E-state index contributed by atoms with van der Waals surface area (Å²) in [5.41, 5.74) is 3.33. The lowest BCUT2D eigenvalue weighted by molar-refractivity contribution is -0.142. The van der Waals surface area contributed by atoms with E-state index in [0.29, 0.717) is 49.3 Å². The zero-order chi connectivity index (χ0) is 31.2. The number of benzene rings is 2. The molecule has 2 heterocycles. The van der Waals surface area contributed by atoms with E-state index in [9.17, 15) is 14.4 Å². The van der Waals surface area contributed by atoms with Gasteiger partial charge in [-0.1, -0.05) is 80.1 Å². The van der Waals surface area contributed by atoms with Gasteiger partial charge in [-0.25, -0.2) is 4.99 Å². The van der Waals surface area contributed by atoms with E-state index < -0.39 is 5.54 Å². The van der Waals surface area contributed by atoms with Crippen LogP contribution in [0.1, 0.15) is 74.5 Å². The van der Waals surface area contributed by atoms with Crippen LogP contribution in [0.5, 0.6) is 0 Å². The van der Waals surface area contributed by atoms with Gasteiger partial charge in [0.1, 0.15) is 5.76 Å². The van der Waals surface area contributed by atoms with Gasteiger partial charge in [0.05, 0.1) is 0 Å². The molecular weight excluding hydrogens is 564 g/mol. The summed E-state index contributed by atoms with van der Waals surface area (Å²) < 4.78 is 6.16. The quantitative estimate of drug-likeness (QED) is 0.335. The molecular formula is C37H42N4O4. The van der Waals surface area contributed by atoms with Crippen LogP contribution in [0.3, 0.4) is 0 Å². The van der Waals surface area contributed by atoms with Crippen molar-refractivity contribution in [3.63, 3.8) is 0 Å². The van der Waals surface area contributed by atoms with Gasteiger partial charge in [-0.2, -0.15) is 0 Å². The fraction of sp³-hybridized carbons (Fsp3) is 0.405. The summed E-state index contributed by atoms with van der Waals surface area (Å²) in [6.45, 7) is 4.68. The predicted molar refractivity (Wildman–Crippen MR) is 176 cm³/mol. The monoisotopic (exact) mass is 606 g/mol. The molecule has 2 aliphatic carbocycles. The van der Waals surface area contributed by atoms with E-state index in [1.165, 1.54) is 11.3 Å². The summed E-state index contributed by atoms with van der Waals surface area (Å²) in [5.74, 6) is 0.0112. The highest BCUT2D eigenvalue weighted by atomic mass is 16.5. The number of nitrogens with one attached hydrogen (secondary N) is 2. The van der Waals surface area contributed by atoms with Crippen molar-refractivity contribution >= 4 is 35.8 Å². The zero-order valence-corrected chi connectivity index (χ0v) is 26.0. The Balaban J connectivity index is 1.25. The summed E-state index contributed by atoms with van der Waals surface area (Å²) >= 11 is 0. The van der Waals surface area contributed by atoms with Crippen molar-refractivity contribution in [2.45, 2.75) is 63.3 Å². The topological polar surface area (TPSA) is 100 Å². The van der Waals surface area contributed by atoms with Crippen molar-refractivity contribution in [3.8, 4) is 0 Å². The number of unbranched alkanes of at least 4 members (excludes halogenated alkanes) is 2.